The van der Waals surface area contributed by atoms with Crippen molar-refractivity contribution in [3.8, 4) is 10.7 Å². The van der Waals surface area contributed by atoms with Gasteiger partial charge in [-0.3, -0.25) is 0 Å². The second-order valence-electron chi connectivity index (χ2n) is 5.39. The summed E-state index contributed by atoms with van der Waals surface area (Å²) in [5.41, 5.74) is 1.82. The van der Waals surface area contributed by atoms with Crippen LogP contribution in [0.15, 0.2) is 35.2 Å². The van der Waals surface area contributed by atoms with Gasteiger partial charge in [0.05, 0.1) is 35.7 Å². The molecule has 5 nitrogen and oxygen atoms in total. The first-order valence-electron chi connectivity index (χ1n) is 8.16. The van der Waals surface area contributed by atoms with Crippen molar-refractivity contribution in [2.45, 2.75) is 4.90 Å². The summed E-state index contributed by atoms with van der Waals surface area (Å²) in [4.78, 5) is 9.74. The van der Waals surface area contributed by atoms with Crippen molar-refractivity contribution in [2.24, 2.45) is 0 Å². The van der Waals surface area contributed by atoms with Crippen LogP contribution < -0.4 is 5.32 Å². The minimum Gasteiger partial charge on any atom is -0.384 e. The summed E-state index contributed by atoms with van der Waals surface area (Å²) in [5, 5.41) is 3.48. The summed E-state index contributed by atoms with van der Waals surface area (Å²) in [5.74, 6) is 0.355. The van der Waals surface area contributed by atoms with Gasteiger partial charge in [-0.1, -0.05) is 0 Å². The molecule has 26 heavy (non-hydrogen) atoms. The van der Waals surface area contributed by atoms with E-state index in [4.69, 9.17) is 9.47 Å². The van der Waals surface area contributed by atoms with Crippen LogP contribution in [-0.4, -0.2) is 49.7 Å². The predicted octanol–water partition coefficient (Wildman–Crippen LogP) is 4.29. The molecule has 0 saturated heterocycles. The molecule has 0 fully saturated rings. The van der Waals surface area contributed by atoms with E-state index in [-0.39, 0.29) is 0 Å². The van der Waals surface area contributed by atoms with Crippen molar-refractivity contribution in [1.29, 1.82) is 0 Å². The molecule has 3 aromatic rings. The van der Waals surface area contributed by atoms with Gasteiger partial charge in [0, 0.05) is 24.8 Å². The number of rotatable bonds is 9. The maximum absolute atomic E-state index is 13.9. The van der Waals surface area contributed by atoms with E-state index in [0.29, 0.717) is 36.2 Å². The Morgan fingerprint density at radius 3 is 2.81 bits per heavy atom. The molecule has 1 aromatic carbocycles. The summed E-state index contributed by atoms with van der Waals surface area (Å²) >= 11 is 3.25. The molecule has 0 amide bonds. The number of ether oxygens (including phenoxy) is 2. The molecule has 0 atom stereocenters. The highest BCUT2D eigenvalue weighted by molar-refractivity contribution is 7.99. The van der Waals surface area contributed by atoms with Crippen molar-refractivity contribution < 1.29 is 13.9 Å². The number of fused-ring (bicyclic) bond motifs is 1. The van der Waals surface area contributed by atoms with Gasteiger partial charge in [0.1, 0.15) is 10.7 Å². The zero-order chi connectivity index (χ0) is 18.4. The summed E-state index contributed by atoms with van der Waals surface area (Å²) in [6.07, 6.45) is 0. The summed E-state index contributed by atoms with van der Waals surface area (Å²) in [6, 6.07) is 9.59. The number of halogens is 1. The van der Waals surface area contributed by atoms with E-state index in [2.05, 4.69) is 21.4 Å². The zero-order valence-electron chi connectivity index (χ0n) is 14.6. The second-order valence-corrected chi connectivity index (χ2v) is 7.59. The van der Waals surface area contributed by atoms with E-state index in [1.165, 1.54) is 11.3 Å². The van der Waals surface area contributed by atoms with E-state index in [0.717, 1.165) is 20.9 Å². The van der Waals surface area contributed by atoms with Gasteiger partial charge in [0.15, 0.2) is 0 Å². The minimum atomic E-state index is -0.519. The predicted molar refractivity (Wildman–Crippen MR) is 106 cm³/mol. The molecule has 0 unspecified atom stereocenters. The molecular formula is C18H20FN3O2S2. The molecule has 0 aliphatic rings. The SMILES string of the molecule is CNc1ccc(-c2nc3ccc(SCCOCCOC)cc3s2)nc1[18F]. The molecule has 1 N–H and O–H groups in total. The first-order valence-corrected chi connectivity index (χ1v) is 9.96. The Morgan fingerprint density at radius 1 is 1.15 bits per heavy atom. The summed E-state index contributed by atoms with van der Waals surface area (Å²) in [7, 11) is 3.33. The van der Waals surface area contributed by atoms with Crippen molar-refractivity contribution in [2.75, 3.05) is 45.0 Å². The topological polar surface area (TPSA) is 56.3 Å². The maximum Gasteiger partial charge on any atom is 0.236 e. The van der Waals surface area contributed by atoms with Crippen LogP contribution in [0.4, 0.5) is 10.1 Å². The van der Waals surface area contributed by atoms with Crippen LogP contribution in [0.3, 0.4) is 0 Å². The standard InChI is InChI=1S/C18H20FN3O2S2/c1-20-14-5-6-15(21-17(14)19)18-22-13-4-3-12(11-16(13)26-18)25-10-9-24-8-7-23-2/h3-6,11,20H,7-10H2,1-2H3/i19-1. The highest BCUT2D eigenvalue weighted by Gasteiger charge is 2.11. The number of thioether (sulfide) groups is 1. The van der Waals surface area contributed by atoms with Gasteiger partial charge < -0.3 is 14.8 Å². The Kier molecular flexibility index (Phi) is 6.79. The molecule has 0 aliphatic carbocycles. The lowest BCUT2D eigenvalue weighted by Crippen LogP contribution is -2.04. The number of pyridine rings is 1. The fraction of sp³-hybridized carbons (Fsp3) is 0.333. The van der Waals surface area contributed by atoms with Crippen molar-refractivity contribution in [1.82, 2.24) is 9.97 Å². The number of nitrogens with one attached hydrogen (secondary N) is 1. The van der Waals surface area contributed by atoms with E-state index >= 15 is 0 Å². The molecule has 8 heteroatoms. The van der Waals surface area contributed by atoms with Crippen molar-refractivity contribution in [3.63, 3.8) is 0 Å². The Morgan fingerprint density at radius 2 is 2.04 bits per heavy atom. The van der Waals surface area contributed by atoms with Crippen LogP contribution in [0.2, 0.25) is 0 Å². The first kappa shape index (κ1) is 19.0. The van der Waals surface area contributed by atoms with Gasteiger partial charge in [-0.25, -0.2) is 9.97 Å². The number of aromatic nitrogens is 2. The number of methoxy groups -OCH3 is 1. The normalized spacial score (nSPS) is 11.2. The lowest BCUT2D eigenvalue weighted by atomic mass is 10.3. The van der Waals surface area contributed by atoms with Crippen molar-refractivity contribution >= 4 is 39.0 Å². The molecule has 0 spiro atoms. The number of hydrogen-bond acceptors (Lipinski definition) is 7. The number of anilines is 1. The van der Waals surface area contributed by atoms with E-state index in [9.17, 15) is 4.39 Å². The third-order valence-corrected chi connectivity index (χ3v) is 5.62. The van der Waals surface area contributed by atoms with E-state index in [1.807, 2.05) is 12.1 Å². The lowest BCUT2D eigenvalue weighted by molar-refractivity contribution is 0.0790. The van der Waals surface area contributed by atoms with Gasteiger partial charge in [-0.15, -0.1) is 23.1 Å². The van der Waals surface area contributed by atoms with Crippen LogP contribution in [0.25, 0.3) is 20.9 Å². The fourth-order valence-corrected chi connectivity index (χ4v) is 4.16. The Bertz CT molecular complexity index is 873. The third-order valence-electron chi connectivity index (χ3n) is 3.63. The quantitative estimate of drug-likeness (QED) is 0.333. The number of nitrogens with zero attached hydrogens (tertiary/aromatic N) is 2. The molecular weight excluding hydrogens is 372 g/mol. The second kappa shape index (κ2) is 9.27. The van der Waals surface area contributed by atoms with Gasteiger partial charge in [-0.05, 0) is 30.3 Å². The molecule has 3 rings (SSSR count). The smallest absolute Gasteiger partial charge is 0.236 e. The number of thiazole rings is 1. The van der Waals surface area contributed by atoms with E-state index in [1.54, 1.807) is 38.1 Å². The van der Waals surface area contributed by atoms with Crippen LogP contribution in [0.5, 0.6) is 0 Å². The zero-order valence-corrected chi connectivity index (χ0v) is 16.3. The van der Waals surface area contributed by atoms with Crippen LogP contribution >= 0.6 is 23.1 Å². The van der Waals surface area contributed by atoms with E-state index < -0.39 is 5.95 Å². The van der Waals surface area contributed by atoms with Gasteiger partial charge in [0.2, 0.25) is 5.95 Å². The average molecular weight is 393 g/mol. The monoisotopic (exact) mass is 392 g/mol. The molecule has 0 saturated carbocycles. The Hall–Kier alpha value is -1.74. The van der Waals surface area contributed by atoms with Gasteiger partial charge >= 0.3 is 0 Å². The first-order chi connectivity index (χ1) is 12.7. The van der Waals surface area contributed by atoms with Crippen LogP contribution in [0, 0.1) is 5.95 Å². The third kappa shape index (κ3) is 4.70. The minimum absolute atomic E-state index is 0.376. The fourth-order valence-electron chi connectivity index (χ4n) is 2.31. The summed E-state index contributed by atoms with van der Waals surface area (Å²) < 4.78 is 25.4. The molecule has 2 aromatic heterocycles. The summed E-state index contributed by atoms with van der Waals surface area (Å²) in [6.45, 7) is 1.91. The average Bonchev–Trinajstić information content (AvgIpc) is 3.08. The lowest BCUT2D eigenvalue weighted by Gasteiger charge is -2.03. The molecule has 0 aliphatic heterocycles. The Balaban J connectivity index is 1.68. The molecule has 138 valence electrons. The van der Waals surface area contributed by atoms with Crippen molar-refractivity contribution in [3.05, 3.63) is 36.3 Å². The maximum atomic E-state index is 13.9. The molecule has 2 heterocycles. The van der Waals surface area contributed by atoms with Gasteiger partial charge in [0.25, 0.3) is 0 Å². The van der Waals surface area contributed by atoms with Crippen LogP contribution in [0.1, 0.15) is 0 Å². The van der Waals surface area contributed by atoms with Gasteiger partial charge in [-0.2, -0.15) is 4.39 Å². The Labute approximate surface area is 160 Å². The number of benzene rings is 1. The highest BCUT2D eigenvalue weighted by Crippen LogP contribution is 2.32. The van der Waals surface area contributed by atoms with Crippen LogP contribution in [-0.2, 0) is 9.47 Å². The highest BCUT2D eigenvalue weighted by atomic mass is 32.2. The number of hydrogen-bond donors (Lipinski definition) is 1. The molecule has 0 radical (unpaired) electrons. The molecule has 0 bridgehead atoms. The largest absolute Gasteiger partial charge is 0.384 e.